The monoisotopic (exact) mass is 225 g/mol. The van der Waals surface area contributed by atoms with Gasteiger partial charge in [-0.1, -0.05) is 5.92 Å². The lowest BCUT2D eigenvalue weighted by Crippen LogP contribution is -2.20. The van der Waals surface area contributed by atoms with Crippen LogP contribution in [0.4, 0.5) is 13.2 Å². The van der Waals surface area contributed by atoms with Crippen LogP contribution in [0.25, 0.3) is 0 Å². The molecule has 0 rings (SSSR count). The minimum Gasteiger partial charge on any atom is -0.316 e. The first-order chi connectivity index (χ1) is 6.56. The number of hydrogen-bond donors (Lipinski definition) is 1. The molecule has 0 aromatic rings. The van der Waals surface area contributed by atoms with E-state index in [1.807, 2.05) is 0 Å². The second-order valence-corrected chi connectivity index (χ2v) is 3.83. The minimum atomic E-state index is -4.03. The second kappa shape index (κ2) is 8.01. The third-order valence-corrected chi connectivity index (χ3v) is 2.29. The Kier molecular flexibility index (Phi) is 7.81. The molecule has 82 valence electrons. The maximum atomic E-state index is 11.7. The van der Waals surface area contributed by atoms with Crippen molar-refractivity contribution in [1.29, 1.82) is 0 Å². The van der Waals surface area contributed by atoms with E-state index in [1.54, 1.807) is 11.8 Å². The average molecular weight is 225 g/mol. The van der Waals surface area contributed by atoms with Gasteiger partial charge in [-0.15, -0.1) is 18.2 Å². The van der Waals surface area contributed by atoms with Gasteiger partial charge in [-0.25, -0.2) is 0 Å². The third-order valence-electron chi connectivity index (χ3n) is 1.42. The largest absolute Gasteiger partial charge is 0.389 e. The van der Waals surface area contributed by atoms with Crippen molar-refractivity contribution >= 4 is 11.8 Å². The molecule has 0 bridgehead atoms. The Morgan fingerprint density at radius 3 is 2.57 bits per heavy atom. The van der Waals surface area contributed by atoms with E-state index in [9.17, 15) is 13.2 Å². The van der Waals surface area contributed by atoms with Crippen molar-refractivity contribution in [3.8, 4) is 12.3 Å². The Labute approximate surface area is 86.8 Å². The highest BCUT2D eigenvalue weighted by Gasteiger charge is 2.25. The molecule has 0 aliphatic heterocycles. The molecule has 0 fully saturated rings. The van der Waals surface area contributed by atoms with Crippen molar-refractivity contribution in [1.82, 2.24) is 5.32 Å². The molecule has 1 N–H and O–H groups in total. The summed E-state index contributed by atoms with van der Waals surface area (Å²) in [5.74, 6) is 3.98. The van der Waals surface area contributed by atoms with Crippen LogP contribution < -0.4 is 5.32 Å². The van der Waals surface area contributed by atoms with E-state index < -0.39 is 12.6 Å². The first-order valence-corrected chi connectivity index (χ1v) is 5.50. The molecular formula is C9H14F3NS. The van der Waals surface area contributed by atoms with Crippen LogP contribution in [-0.2, 0) is 0 Å². The van der Waals surface area contributed by atoms with Gasteiger partial charge in [0.1, 0.15) is 0 Å². The minimum absolute atomic E-state index is 0.142. The molecule has 0 atom stereocenters. The molecule has 14 heavy (non-hydrogen) atoms. The van der Waals surface area contributed by atoms with Crippen LogP contribution in [0.1, 0.15) is 12.8 Å². The Hall–Kier alpha value is -0.340. The summed E-state index contributed by atoms with van der Waals surface area (Å²) in [5, 5.41) is 2.93. The van der Waals surface area contributed by atoms with Crippen LogP contribution in [0, 0.1) is 12.3 Å². The Morgan fingerprint density at radius 2 is 2.00 bits per heavy atom. The first kappa shape index (κ1) is 13.7. The highest BCUT2D eigenvalue weighted by atomic mass is 32.2. The summed E-state index contributed by atoms with van der Waals surface area (Å²) in [6.45, 7) is 1.13. The molecule has 0 aromatic heterocycles. The highest BCUT2D eigenvalue weighted by molar-refractivity contribution is 7.99. The van der Waals surface area contributed by atoms with Crippen molar-refractivity contribution < 1.29 is 13.2 Å². The fourth-order valence-electron chi connectivity index (χ4n) is 0.814. The third kappa shape index (κ3) is 11.7. The van der Waals surface area contributed by atoms with Gasteiger partial charge in [0, 0.05) is 18.7 Å². The quantitative estimate of drug-likeness (QED) is 0.527. The van der Waals surface area contributed by atoms with Crippen LogP contribution in [0.5, 0.6) is 0 Å². The molecule has 0 radical (unpaired) electrons. The van der Waals surface area contributed by atoms with Crippen LogP contribution >= 0.6 is 11.8 Å². The van der Waals surface area contributed by atoms with Crippen LogP contribution in [0.3, 0.4) is 0 Å². The van der Waals surface area contributed by atoms with Gasteiger partial charge in [0.05, 0.1) is 5.75 Å². The van der Waals surface area contributed by atoms with Gasteiger partial charge in [0.15, 0.2) is 0 Å². The number of nitrogens with one attached hydrogen (secondary N) is 1. The highest BCUT2D eigenvalue weighted by Crippen LogP contribution is 2.20. The van der Waals surface area contributed by atoms with Crippen LogP contribution in [0.15, 0.2) is 0 Å². The van der Waals surface area contributed by atoms with E-state index in [-0.39, 0.29) is 6.42 Å². The van der Waals surface area contributed by atoms with Crippen LogP contribution in [-0.4, -0.2) is 30.8 Å². The summed E-state index contributed by atoms with van der Waals surface area (Å²) >= 11 is 1.60. The lowest BCUT2D eigenvalue weighted by molar-refractivity contribution is -0.135. The fraction of sp³-hybridized carbons (Fsp3) is 0.778. The van der Waals surface area contributed by atoms with Crippen molar-refractivity contribution in [2.24, 2.45) is 0 Å². The fourth-order valence-corrected chi connectivity index (χ4v) is 1.37. The molecule has 0 saturated carbocycles. The lowest BCUT2D eigenvalue weighted by atomic mass is 10.3. The number of alkyl halides is 3. The number of hydrogen-bond acceptors (Lipinski definition) is 2. The van der Waals surface area contributed by atoms with Gasteiger partial charge >= 0.3 is 6.18 Å². The molecule has 0 amide bonds. The van der Waals surface area contributed by atoms with E-state index in [2.05, 4.69) is 11.2 Å². The number of terminal acetylenes is 1. The maximum absolute atomic E-state index is 11.7. The van der Waals surface area contributed by atoms with Crippen molar-refractivity contribution in [2.45, 2.75) is 19.0 Å². The van der Waals surface area contributed by atoms with Crippen molar-refractivity contribution in [3.05, 3.63) is 0 Å². The van der Waals surface area contributed by atoms with E-state index in [4.69, 9.17) is 6.42 Å². The van der Waals surface area contributed by atoms with Crippen molar-refractivity contribution in [2.75, 3.05) is 24.6 Å². The first-order valence-electron chi connectivity index (χ1n) is 4.35. The van der Waals surface area contributed by atoms with Crippen LogP contribution in [0.2, 0.25) is 0 Å². The predicted molar refractivity (Wildman–Crippen MR) is 54.3 cm³/mol. The molecular weight excluding hydrogens is 211 g/mol. The Bertz CT molecular complexity index is 174. The summed E-state index contributed by atoms with van der Waals surface area (Å²) in [6.07, 6.45) is 0.426. The van der Waals surface area contributed by atoms with Gasteiger partial charge < -0.3 is 5.32 Å². The Balaban J connectivity index is 3.04. The van der Waals surface area contributed by atoms with E-state index in [1.165, 1.54) is 0 Å². The molecule has 0 aliphatic carbocycles. The van der Waals surface area contributed by atoms with E-state index in [0.29, 0.717) is 18.8 Å². The number of rotatable bonds is 7. The molecule has 0 unspecified atom stereocenters. The van der Waals surface area contributed by atoms with E-state index in [0.717, 1.165) is 5.75 Å². The number of halogens is 3. The standard InChI is InChI=1S/C9H14F3NS/c1-2-7-14-8-6-13-5-3-4-9(10,11)12/h1,13H,3-8H2. The summed E-state index contributed by atoms with van der Waals surface area (Å²) in [4.78, 5) is 0. The second-order valence-electron chi connectivity index (χ2n) is 2.73. The summed E-state index contributed by atoms with van der Waals surface area (Å²) < 4.78 is 35.0. The number of thioether (sulfide) groups is 1. The van der Waals surface area contributed by atoms with Gasteiger partial charge in [-0.3, -0.25) is 0 Å². The van der Waals surface area contributed by atoms with Gasteiger partial charge in [0.2, 0.25) is 0 Å². The summed E-state index contributed by atoms with van der Waals surface area (Å²) in [5.41, 5.74) is 0. The van der Waals surface area contributed by atoms with Gasteiger partial charge in [0.25, 0.3) is 0 Å². The van der Waals surface area contributed by atoms with E-state index >= 15 is 0 Å². The Morgan fingerprint density at radius 1 is 1.29 bits per heavy atom. The summed E-state index contributed by atoms with van der Waals surface area (Å²) in [6, 6.07) is 0. The molecule has 0 aliphatic rings. The lowest BCUT2D eigenvalue weighted by Gasteiger charge is -2.06. The molecule has 0 spiro atoms. The molecule has 0 aromatic carbocycles. The zero-order valence-electron chi connectivity index (χ0n) is 7.86. The predicted octanol–water partition coefficient (Wildman–Crippen LogP) is 2.28. The normalized spacial score (nSPS) is 11.3. The zero-order chi connectivity index (χ0) is 10.9. The SMILES string of the molecule is C#CCSCCNCCCC(F)(F)F. The van der Waals surface area contributed by atoms with Gasteiger partial charge in [-0.05, 0) is 13.0 Å². The van der Waals surface area contributed by atoms with Gasteiger partial charge in [-0.2, -0.15) is 13.2 Å². The molecule has 5 heteroatoms. The maximum Gasteiger partial charge on any atom is 0.389 e. The summed E-state index contributed by atoms with van der Waals surface area (Å²) in [7, 11) is 0. The van der Waals surface area contributed by atoms with Crippen molar-refractivity contribution in [3.63, 3.8) is 0 Å². The zero-order valence-corrected chi connectivity index (χ0v) is 8.68. The molecule has 0 heterocycles. The molecule has 0 saturated heterocycles. The smallest absolute Gasteiger partial charge is 0.316 e. The average Bonchev–Trinajstić information content (AvgIpc) is 2.08. The topological polar surface area (TPSA) is 12.0 Å². The molecule has 1 nitrogen and oxygen atoms in total.